The lowest BCUT2D eigenvalue weighted by atomic mass is 10.1. The Morgan fingerprint density at radius 1 is 0.800 bits per heavy atom. The Morgan fingerprint density at radius 2 is 1.40 bits per heavy atom. The Hall–Kier alpha value is -2.76. The first-order chi connectivity index (χ1) is 12.0. The van der Waals surface area contributed by atoms with E-state index in [1.807, 2.05) is 24.4 Å². The lowest BCUT2D eigenvalue weighted by Crippen LogP contribution is -1.99. The molecule has 0 amide bonds. The minimum absolute atomic E-state index is 0.0278. The molecule has 0 aliphatic rings. The molecule has 0 aliphatic heterocycles. The van der Waals surface area contributed by atoms with Crippen molar-refractivity contribution in [2.24, 2.45) is 0 Å². The monoisotopic (exact) mass is 351 g/mol. The summed E-state index contributed by atoms with van der Waals surface area (Å²) in [7, 11) is -4.03. The van der Waals surface area contributed by atoms with Crippen molar-refractivity contribution in [1.82, 2.24) is 4.98 Å². The molecule has 1 heterocycles. The van der Waals surface area contributed by atoms with Gasteiger partial charge in [0.2, 0.25) is 0 Å². The lowest BCUT2D eigenvalue weighted by molar-refractivity contribution is 0.482. The van der Waals surface area contributed by atoms with Crippen LogP contribution in [0.15, 0.2) is 83.9 Å². The van der Waals surface area contributed by atoms with Crippen molar-refractivity contribution >= 4 is 31.8 Å². The topological polar surface area (TPSA) is 67.3 Å². The van der Waals surface area contributed by atoms with E-state index in [-0.39, 0.29) is 4.90 Å². The molecule has 4 nitrogen and oxygen atoms in total. The van der Waals surface area contributed by atoms with Gasteiger partial charge >= 0.3 is 0 Å². The summed E-state index contributed by atoms with van der Waals surface area (Å²) in [4.78, 5) is 4.38. The molecule has 25 heavy (non-hydrogen) atoms. The number of nitrogens with zero attached hydrogens (tertiary/aromatic N) is 1. The van der Waals surface area contributed by atoms with Crippen molar-refractivity contribution in [3.05, 3.63) is 84.6 Å². The highest BCUT2D eigenvalue weighted by molar-refractivity contribution is 7.85. The van der Waals surface area contributed by atoms with Gasteiger partial charge in [-0.3, -0.25) is 9.54 Å². The van der Waals surface area contributed by atoms with Gasteiger partial charge in [-0.2, -0.15) is 8.42 Å². The van der Waals surface area contributed by atoms with Crippen LogP contribution in [0.2, 0.25) is 0 Å². The fourth-order valence-electron chi connectivity index (χ4n) is 2.65. The van der Waals surface area contributed by atoms with Crippen molar-refractivity contribution in [2.45, 2.75) is 11.8 Å². The average molecular weight is 351 g/mol. The molecule has 4 aromatic rings. The van der Waals surface area contributed by atoms with Crippen LogP contribution in [0.25, 0.3) is 21.7 Å². The molecule has 1 aromatic heterocycles. The number of para-hydroxylation sites is 1. The Morgan fingerprint density at radius 3 is 2.08 bits per heavy atom. The van der Waals surface area contributed by atoms with Crippen LogP contribution in [-0.2, 0) is 10.1 Å². The van der Waals surface area contributed by atoms with E-state index in [2.05, 4.69) is 35.3 Å². The van der Waals surface area contributed by atoms with Crippen LogP contribution >= 0.6 is 0 Å². The molecule has 0 saturated carbocycles. The minimum atomic E-state index is -4.03. The summed E-state index contributed by atoms with van der Waals surface area (Å²) in [5.74, 6) is 0. The molecule has 0 fully saturated rings. The predicted molar refractivity (Wildman–Crippen MR) is 100 cm³/mol. The molecule has 1 N–H and O–H groups in total. The van der Waals surface area contributed by atoms with Gasteiger partial charge in [-0.15, -0.1) is 0 Å². The summed E-state index contributed by atoms with van der Waals surface area (Å²) in [5.41, 5.74) is 1.61. The predicted octanol–water partition coefficient (Wildman–Crippen LogP) is 4.63. The van der Waals surface area contributed by atoms with Gasteiger partial charge in [-0.25, -0.2) is 0 Å². The Kier molecular flexibility index (Phi) is 4.79. The second-order valence-electron chi connectivity index (χ2n) is 5.60. The molecule has 0 radical (unpaired) electrons. The minimum Gasteiger partial charge on any atom is -0.282 e. The Bertz CT molecular complexity index is 1080. The van der Waals surface area contributed by atoms with Gasteiger partial charge in [0, 0.05) is 17.0 Å². The van der Waals surface area contributed by atoms with Crippen LogP contribution < -0.4 is 0 Å². The van der Waals surface area contributed by atoms with E-state index < -0.39 is 10.1 Å². The first kappa shape index (κ1) is 17.1. The molecular weight excluding hydrogens is 334 g/mol. The van der Waals surface area contributed by atoms with Crippen molar-refractivity contribution in [2.75, 3.05) is 0 Å². The van der Waals surface area contributed by atoms with E-state index in [0.717, 1.165) is 5.52 Å². The third-order valence-electron chi connectivity index (χ3n) is 3.87. The molecule has 0 bridgehead atoms. The van der Waals surface area contributed by atoms with Gasteiger partial charge in [-0.1, -0.05) is 60.7 Å². The maximum atomic E-state index is 10.6. The lowest BCUT2D eigenvalue weighted by Gasteiger charge is -2.01. The summed E-state index contributed by atoms with van der Waals surface area (Å²) in [6.45, 7) is 1.63. The molecule has 0 atom stereocenters. The number of hydrogen-bond acceptors (Lipinski definition) is 3. The summed E-state index contributed by atoms with van der Waals surface area (Å²) >= 11 is 0. The molecule has 4 rings (SSSR count). The largest absolute Gasteiger partial charge is 0.294 e. The van der Waals surface area contributed by atoms with Crippen LogP contribution in [0.1, 0.15) is 5.56 Å². The van der Waals surface area contributed by atoms with Crippen molar-refractivity contribution in [3.8, 4) is 0 Å². The summed E-state index contributed by atoms with van der Waals surface area (Å²) < 4.78 is 29.9. The van der Waals surface area contributed by atoms with Gasteiger partial charge in [0.05, 0.1) is 10.4 Å². The van der Waals surface area contributed by atoms with Gasteiger partial charge < -0.3 is 0 Å². The van der Waals surface area contributed by atoms with Crippen LogP contribution in [0.4, 0.5) is 0 Å². The highest BCUT2D eigenvalue weighted by atomic mass is 32.2. The Balaban J connectivity index is 0.000000151. The second kappa shape index (κ2) is 7.01. The first-order valence-corrected chi connectivity index (χ1v) is 9.16. The standard InChI is InChI=1S/C13H9N.C7H8O3S/c1-2-6-11-10(5-1)9-14-13-8-4-3-7-12(11)13;1-6-4-2-3-5-7(6)11(8,9)10/h1-9H;2-5H,1H3,(H,8,9,10). The van der Waals surface area contributed by atoms with Crippen molar-refractivity contribution in [3.63, 3.8) is 0 Å². The zero-order valence-electron chi connectivity index (χ0n) is 13.6. The molecule has 3 aromatic carbocycles. The zero-order valence-corrected chi connectivity index (χ0v) is 14.4. The van der Waals surface area contributed by atoms with Crippen molar-refractivity contribution < 1.29 is 13.0 Å². The molecule has 0 spiro atoms. The van der Waals surface area contributed by atoms with E-state index in [0.29, 0.717) is 5.56 Å². The summed E-state index contributed by atoms with van der Waals surface area (Å²) in [5, 5.41) is 3.70. The second-order valence-corrected chi connectivity index (χ2v) is 6.99. The highest BCUT2D eigenvalue weighted by Crippen LogP contribution is 2.22. The molecule has 0 unspecified atom stereocenters. The molecule has 126 valence electrons. The average Bonchev–Trinajstić information content (AvgIpc) is 2.61. The van der Waals surface area contributed by atoms with Gasteiger partial charge in [0.1, 0.15) is 0 Å². The molecular formula is C20H17NO3S. The van der Waals surface area contributed by atoms with Crippen molar-refractivity contribution in [1.29, 1.82) is 0 Å². The third-order valence-corrected chi connectivity index (χ3v) is 4.88. The fourth-order valence-corrected chi connectivity index (χ4v) is 3.38. The normalized spacial score (nSPS) is 11.1. The van der Waals surface area contributed by atoms with Gasteiger partial charge in [-0.05, 0) is 30.0 Å². The van der Waals surface area contributed by atoms with Gasteiger partial charge in [0.15, 0.2) is 0 Å². The van der Waals surface area contributed by atoms with Crippen LogP contribution in [0, 0.1) is 6.92 Å². The smallest absolute Gasteiger partial charge is 0.282 e. The van der Waals surface area contributed by atoms with Crippen LogP contribution in [0.3, 0.4) is 0 Å². The zero-order chi connectivity index (χ0) is 17.9. The van der Waals surface area contributed by atoms with E-state index >= 15 is 0 Å². The maximum absolute atomic E-state index is 10.6. The number of aryl methyl sites for hydroxylation is 1. The highest BCUT2D eigenvalue weighted by Gasteiger charge is 2.10. The Labute approximate surface area is 146 Å². The summed E-state index contributed by atoms with van der Waals surface area (Å²) in [6, 6.07) is 22.8. The molecule has 5 heteroatoms. The first-order valence-electron chi connectivity index (χ1n) is 7.72. The number of benzene rings is 3. The number of rotatable bonds is 1. The number of fused-ring (bicyclic) bond motifs is 3. The van der Waals surface area contributed by atoms with Gasteiger partial charge in [0.25, 0.3) is 10.1 Å². The van der Waals surface area contributed by atoms with E-state index in [9.17, 15) is 8.42 Å². The maximum Gasteiger partial charge on any atom is 0.294 e. The molecule has 0 saturated heterocycles. The summed E-state index contributed by atoms with van der Waals surface area (Å²) in [6.07, 6.45) is 1.93. The molecule has 0 aliphatic carbocycles. The van der Waals surface area contributed by atoms with E-state index in [1.54, 1.807) is 25.1 Å². The fraction of sp³-hybridized carbons (Fsp3) is 0.0500. The third kappa shape index (κ3) is 3.84. The number of pyridine rings is 1. The number of aromatic nitrogens is 1. The number of hydrogen-bond donors (Lipinski definition) is 1. The van der Waals surface area contributed by atoms with E-state index in [4.69, 9.17) is 4.55 Å². The SMILES string of the molecule is Cc1ccccc1S(=O)(=O)O.c1ccc2c(c1)cnc1ccccc12. The van der Waals surface area contributed by atoms with Crippen LogP contribution in [0.5, 0.6) is 0 Å². The van der Waals surface area contributed by atoms with E-state index in [1.165, 1.54) is 22.2 Å². The van der Waals surface area contributed by atoms with Crippen LogP contribution in [-0.4, -0.2) is 18.0 Å². The quantitative estimate of drug-likeness (QED) is 0.401.